The molecule has 0 saturated heterocycles. The molecule has 1 aromatic rings. The maximum absolute atomic E-state index is 10.1. The lowest BCUT2D eigenvalue weighted by Crippen LogP contribution is -2.21. The molecule has 0 radical (unpaired) electrons. The lowest BCUT2D eigenvalue weighted by Gasteiger charge is -2.31. The fourth-order valence-electron chi connectivity index (χ4n) is 2.93. The maximum Gasteiger partial charge on any atom is 0.133 e. The molecule has 1 saturated carbocycles. The third-order valence-electron chi connectivity index (χ3n) is 4.16. The number of halogens is 1. The molecule has 1 aliphatic rings. The third-order valence-corrected chi connectivity index (χ3v) is 4.78. The van der Waals surface area contributed by atoms with Gasteiger partial charge in [0.2, 0.25) is 0 Å². The van der Waals surface area contributed by atoms with Crippen molar-refractivity contribution in [1.29, 1.82) is 0 Å². The van der Waals surface area contributed by atoms with Crippen LogP contribution in [0.4, 0.5) is 0 Å². The van der Waals surface area contributed by atoms with Crippen LogP contribution < -0.4 is 4.74 Å². The van der Waals surface area contributed by atoms with Crippen LogP contribution in [0.3, 0.4) is 0 Å². The first-order valence-electron chi connectivity index (χ1n) is 6.76. The molecule has 0 aromatic heterocycles. The fourth-order valence-corrected chi connectivity index (χ4v) is 3.42. The summed E-state index contributed by atoms with van der Waals surface area (Å²) in [5.74, 6) is 2.20. The van der Waals surface area contributed by atoms with Crippen LogP contribution in [-0.4, -0.2) is 12.2 Å². The minimum atomic E-state index is 0.332. The summed E-state index contributed by atoms with van der Waals surface area (Å²) in [4.78, 5) is 0. The highest BCUT2D eigenvalue weighted by Gasteiger charge is 2.25. The number of hydrogen-bond donors (Lipinski definition) is 1. The van der Waals surface area contributed by atoms with Gasteiger partial charge in [-0.2, -0.15) is 0 Å². The molecule has 1 N–H and O–H groups in total. The van der Waals surface area contributed by atoms with Gasteiger partial charge in [0.25, 0.3) is 0 Å². The Morgan fingerprint density at radius 1 is 1.47 bits per heavy atom. The third kappa shape index (κ3) is 3.14. The SMILES string of the molecule is C=C1CCCC(C)C1Cc1cc(OC)c(Br)cc1O. The molecule has 0 amide bonds. The van der Waals surface area contributed by atoms with Crippen molar-refractivity contribution < 1.29 is 9.84 Å². The molecule has 2 nitrogen and oxygen atoms in total. The topological polar surface area (TPSA) is 29.5 Å². The van der Waals surface area contributed by atoms with Crippen molar-refractivity contribution in [3.63, 3.8) is 0 Å². The molecule has 1 fully saturated rings. The Hall–Kier alpha value is -0.960. The predicted octanol–water partition coefficient (Wildman–Crippen LogP) is 4.70. The lowest BCUT2D eigenvalue weighted by atomic mass is 9.74. The van der Waals surface area contributed by atoms with E-state index in [1.54, 1.807) is 13.2 Å². The summed E-state index contributed by atoms with van der Waals surface area (Å²) in [6.07, 6.45) is 4.45. The van der Waals surface area contributed by atoms with E-state index in [4.69, 9.17) is 4.74 Å². The van der Waals surface area contributed by atoms with Gasteiger partial charge < -0.3 is 9.84 Å². The molecule has 0 aliphatic heterocycles. The zero-order valence-corrected chi connectivity index (χ0v) is 13.2. The van der Waals surface area contributed by atoms with E-state index in [2.05, 4.69) is 29.4 Å². The van der Waals surface area contributed by atoms with Gasteiger partial charge in [-0.25, -0.2) is 0 Å². The molecule has 0 heterocycles. The van der Waals surface area contributed by atoms with Gasteiger partial charge in [-0.3, -0.25) is 0 Å². The molecule has 1 aromatic carbocycles. The summed E-state index contributed by atoms with van der Waals surface area (Å²) in [6, 6.07) is 3.64. The summed E-state index contributed by atoms with van der Waals surface area (Å²) in [6.45, 7) is 6.49. The summed E-state index contributed by atoms with van der Waals surface area (Å²) in [7, 11) is 1.64. The Balaban J connectivity index is 2.24. The van der Waals surface area contributed by atoms with Gasteiger partial charge in [0.05, 0.1) is 11.6 Å². The second-order valence-corrected chi connectivity index (χ2v) is 6.31. The molecule has 0 bridgehead atoms. The van der Waals surface area contributed by atoms with Crippen molar-refractivity contribution in [2.24, 2.45) is 11.8 Å². The zero-order valence-electron chi connectivity index (χ0n) is 11.6. The van der Waals surface area contributed by atoms with Crippen molar-refractivity contribution in [1.82, 2.24) is 0 Å². The molecule has 2 unspecified atom stereocenters. The van der Waals surface area contributed by atoms with Crippen molar-refractivity contribution in [2.75, 3.05) is 7.11 Å². The highest BCUT2D eigenvalue weighted by molar-refractivity contribution is 9.10. The highest BCUT2D eigenvalue weighted by Crippen LogP contribution is 2.39. The first-order chi connectivity index (χ1) is 9.02. The number of ether oxygens (including phenoxy) is 1. The fraction of sp³-hybridized carbons (Fsp3) is 0.500. The van der Waals surface area contributed by atoms with Crippen molar-refractivity contribution in [2.45, 2.75) is 32.6 Å². The lowest BCUT2D eigenvalue weighted by molar-refractivity contribution is 0.323. The van der Waals surface area contributed by atoms with E-state index < -0.39 is 0 Å². The van der Waals surface area contributed by atoms with Gasteiger partial charge >= 0.3 is 0 Å². The second-order valence-electron chi connectivity index (χ2n) is 5.45. The molecule has 2 rings (SSSR count). The largest absolute Gasteiger partial charge is 0.508 e. The van der Waals surface area contributed by atoms with Gasteiger partial charge in [0.15, 0.2) is 0 Å². The van der Waals surface area contributed by atoms with Crippen molar-refractivity contribution in [3.05, 3.63) is 34.3 Å². The van der Waals surface area contributed by atoms with Crippen LogP contribution in [0.2, 0.25) is 0 Å². The van der Waals surface area contributed by atoms with Gasteiger partial charge in [0, 0.05) is 0 Å². The van der Waals surface area contributed by atoms with Crippen LogP contribution in [-0.2, 0) is 6.42 Å². The van der Waals surface area contributed by atoms with Crippen LogP contribution >= 0.6 is 15.9 Å². The van der Waals surface area contributed by atoms with E-state index in [1.807, 2.05) is 6.07 Å². The number of rotatable bonds is 3. The second kappa shape index (κ2) is 6.00. The Morgan fingerprint density at radius 2 is 2.21 bits per heavy atom. The minimum Gasteiger partial charge on any atom is -0.508 e. The number of phenolic OH excluding ortho intramolecular Hbond substituents is 1. The number of methoxy groups -OCH3 is 1. The molecule has 19 heavy (non-hydrogen) atoms. The van der Waals surface area contributed by atoms with Gasteiger partial charge in [-0.15, -0.1) is 0 Å². The van der Waals surface area contributed by atoms with E-state index in [0.29, 0.717) is 17.6 Å². The van der Waals surface area contributed by atoms with E-state index in [1.165, 1.54) is 18.4 Å². The zero-order chi connectivity index (χ0) is 14.0. The average Bonchev–Trinajstić information content (AvgIpc) is 2.36. The van der Waals surface area contributed by atoms with Crippen LogP contribution in [0.15, 0.2) is 28.8 Å². The minimum absolute atomic E-state index is 0.332. The number of aromatic hydroxyl groups is 1. The van der Waals surface area contributed by atoms with Crippen LogP contribution in [0, 0.1) is 11.8 Å². The molecular formula is C16H21BrO2. The Morgan fingerprint density at radius 3 is 2.84 bits per heavy atom. The number of benzene rings is 1. The molecule has 2 atom stereocenters. The quantitative estimate of drug-likeness (QED) is 0.817. The highest BCUT2D eigenvalue weighted by atomic mass is 79.9. The Kier molecular flexibility index (Phi) is 4.56. The standard InChI is InChI=1S/C16H21BrO2/c1-10-5-4-6-11(2)13(10)7-12-8-16(19-3)14(17)9-15(12)18/h8-9,11,13,18H,1,4-7H2,2-3H3. The van der Waals surface area contributed by atoms with E-state index in [-0.39, 0.29) is 0 Å². The van der Waals surface area contributed by atoms with Gasteiger partial charge in [-0.1, -0.05) is 19.1 Å². The average molecular weight is 325 g/mol. The molecule has 3 heteroatoms. The molecule has 0 spiro atoms. The summed E-state index contributed by atoms with van der Waals surface area (Å²) in [5, 5.41) is 10.1. The Bertz CT molecular complexity index is 482. The predicted molar refractivity (Wildman–Crippen MR) is 81.7 cm³/mol. The van der Waals surface area contributed by atoms with Gasteiger partial charge in [-0.05, 0) is 71.1 Å². The Labute approximate surface area is 123 Å². The molecular weight excluding hydrogens is 304 g/mol. The maximum atomic E-state index is 10.1. The normalized spacial score (nSPS) is 23.4. The van der Waals surface area contributed by atoms with Gasteiger partial charge in [0.1, 0.15) is 11.5 Å². The van der Waals surface area contributed by atoms with Crippen molar-refractivity contribution >= 4 is 15.9 Å². The molecule has 104 valence electrons. The van der Waals surface area contributed by atoms with E-state index >= 15 is 0 Å². The van der Waals surface area contributed by atoms with E-state index in [0.717, 1.165) is 28.6 Å². The summed E-state index contributed by atoms with van der Waals surface area (Å²) >= 11 is 3.39. The smallest absolute Gasteiger partial charge is 0.133 e. The number of phenols is 1. The first-order valence-corrected chi connectivity index (χ1v) is 7.55. The van der Waals surface area contributed by atoms with Crippen LogP contribution in [0.5, 0.6) is 11.5 Å². The van der Waals surface area contributed by atoms with Crippen molar-refractivity contribution in [3.8, 4) is 11.5 Å². The first kappa shape index (κ1) is 14.4. The monoisotopic (exact) mass is 324 g/mol. The number of allylic oxidation sites excluding steroid dienone is 1. The summed E-state index contributed by atoms with van der Waals surface area (Å²) < 4.78 is 6.09. The molecule has 1 aliphatic carbocycles. The van der Waals surface area contributed by atoms with Crippen LogP contribution in [0.1, 0.15) is 31.7 Å². The number of hydrogen-bond acceptors (Lipinski definition) is 2. The summed E-state index contributed by atoms with van der Waals surface area (Å²) in [5.41, 5.74) is 2.26. The van der Waals surface area contributed by atoms with E-state index in [9.17, 15) is 5.11 Å². The van der Waals surface area contributed by atoms with Crippen LogP contribution in [0.25, 0.3) is 0 Å².